The number of benzene rings is 1. The van der Waals surface area contributed by atoms with Crippen LogP contribution in [0.2, 0.25) is 5.02 Å². The molecule has 0 radical (unpaired) electrons. The normalized spacial score (nSPS) is 11.8. The van der Waals surface area contributed by atoms with Crippen LogP contribution in [0.1, 0.15) is 5.76 Å². The first-order valence-electron chi connectivity index (χ1n) is 5.68. The second-order valence-electron chi connectivity index (χ2n) is 3.81. The van der Waals surface area contributed by atoms with Crippen molar-refractivity contribution in [2.24, 2.45) is 15.9 Å². The summed E-state index contributed by atoms with van der Waals surface area (Å²) in [6.07, 6.45) is 1.28. The van der Waals surface area contributed by atoms with E-state index in [0.29, 0.717) is 16.5 Å². The number of rotatable bonds is 4. The lowest BCUT2D eigenvalue weighted by atomic mass is 10.2. The van der Waals surface area contributed by atoms with Gasteiger partial charge in [0.15, 0.2) is 5.03 Å². The minimum atomic E-state index is -0.835. The van der Waals surface area contributed by atoms with Gasteiger partial charge in [0.2, 0.25) is 0 Å². The Morgan fingerprint density at radius 3 is 2.95 bits per heavy atom. The molecule has 1 heterocycles. The third-order valence-corrected chi connectivity index (χ3v) is 2.53. The van der Waals surface area contributed by atoms with E-state index in [4.69, 9.17) is 21.8 Å². The highest BCUT2D eigenvalue weighted by atomic mass is 35.5. The minimum absolute atomic E-state index is 0.419. The lowest BCUT2D eigenvalue weighted by Gasteiger charge is -1.96. The molecule has 0 fully saturated rings. The molecule has 1 aromatic carbocycles. The highest BCUT2D eigenvalue weighted by Gasteiger charge is 2.04. The van der Waals surface area contributed by atoms with Crippen LogP contribution in [0.3, 0.4) is 0 Å². The van der Waals surface area contributed by atoms with E-state index in [2.05, 4.69) is 10.2 Å². The molecule has 0 spiro atoms. The molecule has 8 nitrogen and oxygen atoms in total. The van der Waals surface area contributed by atoms with Gasteiger partial charge in [-0.25, -0.2) is 10.1 Å². The predicted octanol–water partition coefficient (Wildman–Crippen LogP) is 2.03. The van der Waals surface area contributed by atoms with E-state index in [1.165, 1.54) is 6.21 Å². The second kappa shape index (κ2) is 6.53. The van der Waals surface area contributed by atoms with Gasteiger partial charge in [-0.15, -0.1) is 5.10 Å². The fourth-order valence-corrected chi connectivity index (χ4v) is 1.67. The number of furan rings is 1. The number of guanidine groups is 1. The van der Waals surface area contributed by atoms with Crippen molar-refractivity contribution in [3.63, 3.8) is 0 Å². The van der Waals surface area contributed by atoms with Crippen molar-refractivity contribution in [1.29, 1.82) is 0 Å². The van der Waals surface area contributed by atoms with E-state index in [9.17, 15) is 10.1 Å². The van der Waals surface area contributed by atoms with Crippen LogP contribution in [0.15, 0.2) is 51.0 Å². The van der Waals surface area contributed by atoms with Gasteiger partial charge in [-0.1, -0.05) is 29.2 Å². The number of hydrogen-bond donors (Lipinski definition) is 2. The van der Waals surface area contributed by atoms with Gasteiger partial charge < -0.3 is 10.2 Å². The molecule has 0 saturated heterocycles. The maximum Gasteiger partial charge on any atom is 0.275 e. The van der Waals surface area contributed by atoms with E-state index >= 15 is 0 Å². The first-order chi connectivity index (χ1) is 10.0. The summed E-state index contributed by atoms with van der Waals surface area (Å²) in [5.74, 6) is 0.597. The topological polar surface area (TPSA) is 119 Å². The Hall–Kier alpha value is -2.87. The molecular formula is C12H10ClN5O3. The molecule has 3 N–H and O–H groups in total. The van der Waals surface area contributed by atoms with Gasteiger partial charge in [0.1, 0.15) is 11.5 Å². The molecule has 108 valence electrons. The predicted molar refractivity (Wildman–Crippen MR) is 78.5 cm³/mol. The van der Waals surface area contributed by atoms with Gasteiger partial charge in [0, 0.05) is 10.6 Å². The van der Waals surface area contributed by atoms with Crippen molar-refractivity contribution in [3.8, 4) is 11.3 Å². The Balaban J connectivity index is 2.08. The van der Waals surface area contributed by atoms with Gasteiger partial charge in [0.05, 0.1) is 6.21 Å². The molecule has 0 aliphatic rings. The van der Waals surface area contributed by atoms with Crippen LogP contribution in [0.4, 0.5) is 0 Å². The Labute approximate surface area is 124 Å². The molecular weight excluding hydrogens is 298 g/mol. The molecule has 21 heavy (non-hydrogen) atoms. The van der Waals surface area contributed by atoms with Crippen LogP contribution in [-0.2, 0) is 0 Å². The number of hydrogen-bond acceptors (Lipinski definition) is 5. The zero-order valence-corrected chi connectivity index (χ0v) is 11.3. The highest BCUT2D eigenvalue weighted by Crippen LogP contribution is 2.24. The summed E-state index contributed by atoms with van der Waals surface area (Å²) in [5, 5.41) is 16.8. The summed E-state index contributed by atoms with van der Waals surface area (Å²) < 4.78 is 5.52. The lowest BCUT2D eigenvalue weighted by molar-refractivity contribution is -0.525. The number of hydrazine groups is 1. The van der Waals surface area contributed by atoms with Crippen LogP contribution in [0.5, 0.6) is 0 Å². The first kappa shape index (κ1) is 14.5. The van der Waals surface area contributed by atoms with Crippen molar-refractivity contribution in [1.82, 2.24) is 5.43 Å². The average molecular weight is 308 g/mol. The molecule has 2 rings (SSSR count). The molecule has 0 atom stereocenters. The van der Waals surface area contributed by atoms with Crippen LogP contribution in [0, 0.1) is 10.1 Å². The number of nitrogens with zero attached hydrogens (tertiary/aromatic N) is 3. The van der Waals surface area contributed by atoms with E-state index < -0.39 is 11.0 Å². The van der Waals surface area contributed by atoms with E-state index in [0.717, 1.165) is 5.56 Å². The zero-order valence-electron chi connectivity index (χ0n) is 10.6. The third kappa shape index (κ3) is 4.32. The first-order valence-corrected chi connectivity index (χ1v) is 6.06. The molecule has 0 unspecified atom stereocenters. The van der Waals surface area contributed by atoms with Gasteiger partial charge in [-0.05, 0) is 24.3 Å². The summed E-state index contributed by atoms with van der Waals surface area (Å²) in [7, 11) is 0. The number of halogens is 1. The van der Waals surface area contributed by atoms with Crippen molar-refractivity contribution in [2.75, 3.05) is 0 Å². The van der Waals surface area contributed by atoms with Gasteiger partial charge in [-0.2, -0.15) is 5.10 Å². The Morgan fingerprint density at radius 1 is 1.43 bits per heavy atom. The maximum atomic E-state index is 10.1. The molecule has 2 aromatic rings. The van der Waals surface area contributed by atoms with Crippen molar-refractivity contribution in [2.45, 2.75) is 0 Å². The summed E-state index contributed by atoms with van der Waals surface area (Å²) in [4.78, 5) is 10.1. The number of nitrogens with two attached hydrogens (primary N) is 1. The lowest BCUT2D eigenvalue weighted by Crippen LogP contribution is -2.35. The second-order valence-corrected chi connectivity index (χ2v) is 4.25. The molecule has 0 amide bonds. The molecule has 0 aliphatic heterocycles. The quantitative estimate of drug-likeness (QED) is 0.387. The molecule has 9 heteroatoms. The fraction of sp³-hybridized carbons (Fsp3) is 0. The van der Waals surface area contributed by atoms with Crippen LogP contribution < -0.4 is 11.2 Å². The average Bonchev–Trinajstić information content (AvgIpc) is 2.86. The number of nitro groups is 1. The summed E-state index contributed by atoms with van der Waals surface area (Å²) >= 11 is 5.90. The maximum absolute atomic E-state index is 10.1. The van der Waals surface area contributed by atoms with Crippen LogP contribution in [-0.4, -0.2) is 17.2 Å². The zero-order chi connectivity index (χ0) is 15.2. The SMILES string of the molecule is N/C(=N/N=C/c1ccc(-c2cccc(Cl)c2)o1)N[N+](=O)[O-]. The summed E-state index contributed by atoms with van der Waals surface area (Å²) in [6, 6.07) is 10.6. The standard InChI is InChI=1S/C12H10ClN5O3/c13-9-3-1-2-8(6-9)11-5-4-10(21-11)7-15-16-12(14)17-18(19)20/h1-7H,(H3,14,16,17)/b15-7+. The van der Waals surface area contributed by atoms with E-state index in [1.807, 2.05) is 12.1 Å². The molecule has 1 aromatic heterocycles. The molecule has 0 saturated carbocycles. The smallest absolute Gasteiger partial charge is 0.275 e. The Kier molecular flexibility index (Phi) is 4.52. The monoisotopic (exact) mass is 307 g/mol. The van der Waals surface area contributed by atoms with Gasteiger partial charge in [-0.3, -0.25) is 0 Å². The highest BCUT2D eigenvalue weighted by molar-refractivity contribution is 6.30. The molecule has 0 aliphatic carbocycles. The summed E-state index contributed by atoms with van der Waals surface area (Å²) in [6.45, 7) is 0. The van der Waals surface area contributed by atoms with Crippen molar-refractivity contribution < 1.29 is 9.45 Å². The van der Waals surface area contributed by atoms with Crippen molar-refractivity contribution >= 4 is 23.8 Å². The number of nitrogens with one attached hydrogen (secondary N) is 1. The third-order valence-electron chi connectivity index (χ3n) is 2.29. The summed E-state index contributed by atoms with van der Waals surface area (Å²) in [5.41, 5.74) is 7.67. The van der Waals surface area contributed by atoms with Crippen LogP contribution >= 0.6 is 11.6 Å². The Morgan fingerprint density at radius 2 is 2.24 bits per heavy atom. The Bertz CT molecular complexity index is 710. The largest absolute Gasteiger partial charge is 0.455 e. The van der Waals surface area contributed by atoms with Crippen LogP contribution in [0.25, 0.3) is 11.3 Å². The van der Waals surface area contributed by atoms with Crippen molar-refractivity contribution in [3.05, 3.63) is 57.3 Å². The minimum Gasteiger partial charge on any atom is -0.455 e. The van der Waals surface area contributed by atoms with E-state index in [1.54, 1.807) is 29.7 Å². The van der Waals surface area contributed by atoms with E-state index in [-0.39, 0.29) is 0 Å². The molecule has 0 bridgehead atoms. The van der Waals surface area contributed by atoms with Gasteiger partial charge in [0.25, 0.3) is 5.96 Å². The fourth-order valence-electron chi connectivity index (χ4n) is 1.48. The van der Waals surface area contributed by atoms with Gasteiger partial charge >= 0.3 is 0 Å².